The van der Waals surface area contributed by atoms with Gasteiger partial charge >= 0.3 is 0 Å². The van der Waals surface area contributed by atoms with Crippen LogP contribution in [0.5, 0.6) is 5.75 Å². The fraction of sp³-hybridized carbons (Fsp3) is 0.385. The van der Waals surface area contributed by atoms with Crippen LogP contribution < -0.4 is 9.46 Å². The van der Waals surface area contributed by atoms with Crippen molar-refractivity contribution in [3.8, 4) is 5.75 Å². The predicted molar refractivity (Wildman–Crippen MR) is 129 cm³/mol. The third-order valence-corrected chi connectivity index (χ3v) is 6.79. The number of hydrogen-bond acceptors (Lipinski definition) is 5. The first-order valence-electron chi connectivity index (χ1n) is 11.5. The van der Waals surface area contributed by atoms with E-state index >= 15 is 0 Å². The Morgan fingerprint density at radius 2 is 1.70 bits per heavy atom. The topological polar surface area (TPSA) is 85.4 Å². The van der Waals surface area contributed by atoms with Crippen molar-refractivity contribution < 1.29 is 17.9 Å². The normalized spacial score (nSPS) is 16.2. The molecule has 33 heavy (non-hydrogen) atoms. The number of aromatic nitrogens is 1. The highest BCUT2D eigenvalue weighted by atomic mass is 32.2. The van der Waals surface area contributed by atoms with Gasteiger partial charge in [0.15, 0.2) is 0 Å². The number of hydrogen-bond donors (Lipinski definition) is 1. The van der Waals surface area contributed by atoms with Crippen LogP contribution in [-0.4, -0.2) is 25.6 Å². The van der Waals surface area contributed by atoms with Crippen LogP contribution >= 0.6 is 0 Å². The maximum Gasteiger partial charge on any atom is 0.241 e. The van der Waals surface area contributed by atoms with Crippen molar-refractivity contribution in [2.45, 2.75) is 51.0 Å². The minimum Gasteiger partial charge on any atom is -0.487 e. The molecule has 0 unspecified atom stereocenters. The summed E-state index contributed by atoms with van der Waals surface area (Å²) in [6.45, 7) is 0.338. The Morgan fingerprint density at radius 1 is 1.00 bits per heavy atom. The standard InChI is InChI=1S/C26H30N2O4S/c1-33(30,31)28-26(29)25(20-9-4-2-3-5-10-20)21-13-16-23(17-14-21)32-18-22-15-12-19-8-6-7-11-24(19)27-22/h6-8,11-17,20,25H,2-5,9-10,18H2,1H3,(H,28,29)/t25-/m1/s1. The molecule has 1 aromatic heterocycles. The summed E-state index contributed by atoms with van der Waals surface area (Å²) in [6.07, 6.45) is 7.31. The van der Waals surface area contributed by atoms with Gasteiger partial charge in [-0.1, -0.05) is 62.1 Å². The SMILES string of the molecule is CS(=O)(=O)NC(=O)[C@@H](c1ccc(OCc2ccc3ccccc3n2)cc1)C1CCCCCC1. The van der Waals surface area contributed by atoms with Crippen LogP contribution in [0.3, 0.4) is 0 Å². The summed E-state index contributed by atoms with van der Waals surface area (Å²) in [7, 11) is -3.62. The number of amides is 1. The zero-order valence-corrected chi connectivity index (χ0v) is 19.7. The van der Waals surface area contributed by atoms with E-state index in [-0.39, 0.29) is 5.92 Å². The van der Waals surface area contributed by atoms with Crippen molar-refractivity contribution in [1.82, 2.24) is 9.71 Å². The van der Waals surface area contributed by atoms with Crippen LogP contribution in [0.1, 0.15) is 55.7 Å². The first-order chi connectivity index (χ1) is 15.9. The van der Waals surface area contributed by atoms with Gasteiger partial charge in [0, 0.05) is 5.39 Å². The number of benzene rings is 2. The van der Waals surface area contributed by atoms with Crippen LogP contribution in [-0.2, 0) is 21.4 Å². The van der Waals surface area contributed by atoms with E-state index in [0.29, 0.717) is 12.4 Å². The molecule has 2 aromatic carbocycles. The van der Waals surface area contributed by atoms with Gasteiger partial charge in [0.2, 0.25) is 15.9 Å². The molecule has 174 valence electrons. The van der Waals surface area contributed by atoms with Gasteiger partial charge in [-0.15, -0.1) is 0 Å². The van der Waals surface area contributed by atoms with Gasteiger partial charge in [0.05, 0.1) is 23.4 Å². The van der Waals surface area contributed by atoms with Crippen LogP contribution in [0.15, 0.2) is 60.7 Å². The lowest BCUT2D eigenvalue weighted by atomic mass is 9.81. The first-order valence-corrected chi connectivity index (χ1v) is 13.4. The van der Waals surface area contributed by atoms with Crippen molar-refractivity contribution in [2.75, 3.05) is 6.26 Å². The molecule has 0 radical (unpaired) electrons. The number of nitrogens with zero attached hydrogens (tertiary/aromatic N) is 1. The van der Waals surface area contributed by atoms with E-state index in [1.54, 1.807) is 0 Å². The Labute approximate surface area is 195 Å². The van der Waals surface area contributed by atoms with Crippen molar-refractivity contribution >= 4 is 26.8 Å². The highest BCUT2D eigenvalue weighted by Gasteiger charge is 2.31. The zero-order valence-electron chi connectivity index (χ0n) is 18.9. The summed E-state index contributed by atoms with van der Waals surface area (Å²) >= 11 is 0. The minimum absolute atomic E-state index is 0.128. The molecule has 1 saturated carbocycles. The Morgan fingerprint density at radius 3 is 2.39 bits per heavy atom. The summed E-state index contributed by atoms with van der Waals surface area (Å²) in [4.78, 5) is 17.6. The van der Waals surface area contributed by atoms with E-state index in [2.05, 4.69) is 9.71 Å². The molecule has 0 saturated heterocycles. The molecule has 0 aliphatic heterocycles. The van der Waals surface area contributed by atoms with Gasteiger partial charge in [-0.25, -0.2) is 13.4 Å². The molecule has 1 heterocycles. The highest BCUT2D eigenvalue weighted by molar-refractivity contribution is 7.89. The number of fused-ring (bicyclic) bond motifs is 1. The molecule has 0 spiro atoms. The van der Waals surface area contributed by atoms with Crippen molar-refractivity contribution in [3.05, 3.63) is 71.9 Å². The van der Waals surface area contributed by atoms with Crippen LogP contribution in [0, 0.1) is 5.92 Å². The number of carbonyl (C=O) groups is 1. The fourth-order valence-electron chi connectivity index (χ4n) is 4.65. The second kappa shape index (κ2) is 10.3. The van der Waals surface area contributed by atoms with Crippen molar-refractivity contribution in [2.24, 2.45) is 5.92 Å². The van der Waals surface area contributed by atoms with E-state index in [4.69, 9.17) is 4.74 Å². The van der Waals surface area contributed by atoms with Gasteiger partial charge in [-0.2, -0.15) is 0 Å². The Hall–Kier alpha value is -2.93. The van der Waals surface area contributed by atoms with E-state index in [1.807, 2.05) is 60.7 Å². The number of para-hydroxylation sites is 1. The van der Waals surface area contributed by atoms with Gasteiger partial charge in [-0.05, 0) is 48.6 Å². The lowest BCUT2D eigenvalue weighted by Gasteiger charge is -2.25. The summed E-state index contributed by atoms with van der Waals surface area (Å²) in [5.41, 5.74) is 2.58. The summed E-state index contributed by atoms with van der Waals surface area (Å²) in [5.74, 6) is -0.132. The average molecular weight is 467 g/mol. The molecule has 0 bridgehead atoms. The molecule has 3 aromatic rings. The molecular weight excluding hydrogens is 436 g/mol. The number of carbonyl (C=O) groups excluding carboxylic acids is 1. The maximum absolute atomic E-state index is 12.9. The maximum atomic E-state index is 12.9. The van der Waals surface area contributed by atoms with E-state index in [1.165, 1.54) is 0 Å². The Kier molecular flexibility index (Phi) is 7.28. The van der Waals surface area contributed by atoms with E-state index < -0.39 is 21.8 Å². The quantitative estimate of drug-likeness (QED) is 0.498. The third kappa shape index (κ3) is 6.32. The van der Waals surface area contributed by atoms with E-state index in [0.717, 1.165) is 66.9 Å². The molecule has 1 aliphatic carbocycles. The molecule has 4 rings (SSSR count). The molecule has 1 atom stereocenters. The number of ether oxygens (including phenoxy) is 1. The van der Waals surface area contributed by atoms with Gasteiger partial charge in [0.1, 0.15) is 12.4 Å². The molecule has 1 aliphatic rings. The molecule has 1 N–H and O–H groups in total. The Bertz CT molecular complexity index is 1200. The summed E-state index contributed by atoms with van der Waals surface area (Å²) < 4.78 is 31.6. The lowest BCUT2D eigenvalue weighted by molar-refractivity contribution is -0.122. The van der Waals surface area contributed by atoms with Crippen molar-refractivity contribution in [1.29, 1.82) is 0 Å². The zero-order chi connectivity index (χ0) is 23.3. The lowest BCUT2D eigenvalue weighted by Crippen LogP contribution is -2.36. The largest absolute Gasteiger partial charge is 0.487 e. The number of nitrogens with one attached hydrogen (secondary N) is 1. The highest BCUT2D eigenvalue weighted by Crippen LogP contribution is 2.36. The minimum atomic E-state index is -3.62. The Balaban J connectivity index is 1.49. The smallest absolute Gasteiger partial charge is 0.241 e. The van der Waals surface area contributed by atoms with Gasteiger partial charge in [-0.3, -0.25) is 9.52 Å². The second-order valence-corrected chi connectivity index (χ2v) is 10.6. The number of sulfonamides is 1. The van der Waals surface area contributed by atoms with E-state index in [9.17, 15) is 13.2 Å². The van der Waals surface area contributed by atoms with Crippen LogP contribution in [0.4, 0.5) is 0 Å². The summed E-state index contributed by atoms with van der Waals surface area (Å²) in [5, 5.41) is 1.09. The molecule has 6 nitrogen and oxygen atoms in total. The van der Waals surface area contributed by atoms with Gasteiger partial charge < -0.3 is 4.74 Å². The average Bonchev–Trinajstić information content (AvgIpc) is 3.07. The molecule has 1 amide bonds. The third-order valence-electron chi connectivity index (χ3n) is 6.22. The predicted octanol–water partition coefficient (Wildman–Crippen LogP) is 4.94. The molecular formula is C26H30N2O4S. The summed E-state index contributed by atoms with van der Waals surface area (Å²) in [6, 6.07) is 19.4. The number of rotatable bonds is 7. The fourth-order valence-corrected chi connectivity index (χ4v) is 5.14. The second-order valence-electron chi connectivity index (χ2n) is 8.82. The molecule has 7 heteroatoms. The van der Waals surface area contributed by atoms with Crippen LogP contribution in [0.2, 0.25) is 0 Å². The van der Waals surface area contributed by atoms with Crippen molar-refractivity contribution in [3.63, 3.8) is 0 Å². The number of pyridine rings is 1. The van der Waals surface area contributed by atoms with Crippen LogP contribution in [0.25, 0.3) is 10.9 Å². The monoisotopic (exact) mass is 466 g/mol. The molecule has 1 fully saturated rings. The first kappa shape index (κ1) is 23.2. The van der Waals surface area contributed by atoms with Gasteiger partial charge in [0.25, 0.3) is 0 Å².